The first-order valence-corrected chi connectivity index (χ1v) is 12.5. The van der Waals surface area contributed by atoms with Gasteiger partial charge in [-0.25, -0.2) is 4.79 Å². The lowest BCUT2D eigenvalue weighted by Crippen LogP contribution is -2.59. The van der Waals surface area contributed by atoms with Crippen molar-refractivity contribution in [2.75, 3.05) is 36.2 Å². The van der Waals surface area contributed by atoms with Crippen LogP contribution in [0.25, 0.3) is 16.5 Å². The Morgan fingerprint density at radius 1 is 0.947 bits per heavy atom. The number of hydrogen-bond donors (Lipinski definition) is 1. The molecule has 0 bridgehead atoms. The predicted molar refractivity (Wildman–Crippen MR) is 142 cm³/mol. The third kappa shape index (κ3) is 4.85. The van der Waals surface area contributed by atoms with E-state index in [2.05, 4.69) is 25.7 Å². The fraction of sp³-hybridized carbons (Fsp3) is 0.345. The maximum absolute atomic E-state index is 12.9. The largest absolute Gasteiger partial charge is 0.471 e. The van der Waals surface area contributed by atoms with Gasteiger partial charge in [-0.2, -0.15) is 13.2 Å². The molecule has 6 nitrogen and oxygen atoms in total. The molecule has 0 aliphatic carbocycles. The third-order valence-corrected chi connectivity index (χ3v) is 7.29. The summed E-state index contributed by atoms with van der Waals surface area (Å²) in [6, 6.07) is 16.9. The maximum Gasteiger partial charge on any atom is 0.416 e. The summed E-state index contributed by atoms with van der Waals surface area (Å²) in [5.74, 6) is 0.635. The van der Waals surface area contributed by atoms with Gasteiger partial charge in [0, 0.05) is 42.0 Å². The number of alkyl halides is 3. The van der Waals surface area contributed by atoms with Crippen LogP contribution in [0.5, 0.6) is 0 Å². The van der Waals surface area contributed by atoms with Crippen LogP contribution in [0.4, 0.5) is 29.3 Å². The van der Waals surface area contributed by atoms with Crippen molar-refractivity contribution in [3.8, 4) is 0 Å². The first-order valence-electron chi connectivity index (χ1n) is 12.5. The normalized spacial score (nSPS) is 18.5. The van der Waals surface area contributed by atoms with E-state index in [1.54, 1.807) is 9.80 Å². The van der Waals surface area contributed by atoms with Gasteiger partial charge >= 0.3 is 12.3 Å². The van der Waals surface area contributed by atoms with Gasteiger partial charge in [0.1, 0.15) is 5.76 Å². The molecule has 0 saturated carbocycles. The molecule has 1 unspecified atom stereocenters. The Morgan fingerprint density at radius 3 is 2.26 bits per heavy atom. The highest BCUT2D eigenvalue weighted by molar-refractivity contribution is 6.01. The van der Waals surface area contributed by atoms with E-state index in [0.29, 0.717) is 31.1 Å². The van der Waals surface area contributed by atoms with Gasteiger partial charge in [-0.15, -0.1) is 0 Å². The Hall–Kier alpha value is -3.88. The standard InChI is InChI=1S/C29H30F3N3O3/c1-28(2,3)26-17-33(14-15-35(26)27(36)37)24-13-12-23(21-6-4-5-7-22(21)24)25-16-34(18-38-25)20-10-8-19(9-11-20)29(30,31)32/h4-13,16,26H,14-15,17-18H2,1-3H3,(H,36,37). The molecule has 0 radical (unpaired) electrons. The molecule has 1 amide bonds. The number of piperazine rings is 1. The molecular formula is C29H30F3N3O3. The summed E-state index contributed by atoms with van der Waals surface area (Å²) in [6.07, 6.45) is -3.46. The van der Waals surface area contributed by atoms with E-state index in [1.165, 1.54) is 12.1 Å². The molecule has 0 spiro atoms. The molecule has 2 aliphatic heterocycles. The molecule has 5 rings (SSSR count). The number of carboxylic acid groups (broad SMARTS) is 1. The van der Waals surface area contributed by atoms with Crippen molar-refractivity contribution >= 4 is 34.0 Å². The van der Waals surface area contributed by atoms with Crippen LogP contribution in [0, 0.1) is 5.41 Å². The molecule has 1 fully saturated rings. The van der Waals surface area contributed by atoms with Crippen molar-refractivity contribution in [2.45, 2.75) is 33.0 Å². The first kappa shape index (κ1) is 25.8. The highest BCUT2D eigenvalue weighted by Gasteiger charge is 2.38. The number of hydrogen-bond acceptors (Lipinski definition) is 4. The van der Waals surface area contributed by atoms with Gasteiger partial charge in [0.05, 0.1) is 17.8 Å². The summed E-state index contributed by atoms with van der Waals surface area (Å²) < 4.78 is 44.8. The molecule has 1 N–H and O–H groups in total. The highest BCUT2D eigenvalue weighted by Crippen LogP contribution is 2.38. The Kier molecular flexibility index (Phi) is 6.41. The number of fused-ring (bicyclic) bond motifs is 1. The Bertz CT molecular complexity index is 1380. The number of ether oxygens (including phenoxy) is 1. The monoisotopic (exact) mass is 525 g/mol. The Morgan fingerprint density at radius 2 is 1.63 bits per heavy atom. The van der Waals surface area contributed by atoms with Crippen LogP contribution in [-0.4, -0.2) is 48.5 Å². The number of halogens is 3. The SMILES string of the molecule is CC(C)(C)C1CN(c2ccc(C3=CN(c4ccc(C(F)(F)F)cc4)CO3)c3ccccc23)CCN1C(=O)O. The first-order chi connectivity index (χ1) is 17.9. The van der Waals surface area contributed by atoms with Crippen molar-refractivity contribution in [2.24, 2.45) is 5.41 Å². The summed E-state index contributed by atoms with van der Waals surface area (Å²) in [7, 11) is 0. The van der Waals surface area contributed by atoms with Crippen LogP contribution in [0.15, 0.2) is 66.9 Å². The molecule has 3 aromatic rings. The lowest BCUT2D eigenvalue weighted by Gasteiger charge is -2.47. The molecule has 0 aromatic heterocycles. The fourth-order valence-electron chi connectivity index (χ4n) is 5.24. The lowest BCUT2D eigenvalue weighted by atomic mass is 9.84. The van der Waals surface area contributed by atoms with E-state index < -0.39 is 17.8 Å². The van der Waals surface area contributed by atoms with E-state index in [4.69, 9.17) is 4.74 Å². The second kappa shape index (κ2) is 9.45. The fourth-order valence-corrected chi connectivity index (χ4v) is 5.24. The molecule has 2 aliphatic rings. The quantitative estimate of drug-likeness (QED) is 0.405. The zero-order valence-corrected chi connectivity index (χ0v) is 21.5. The minimum atomic E-state index is -4.38. The zero-order valence-electron chi connectivity index (χ0n) is 21.5. The smallest absolute Gasteiger partial charge is 0.416 e. The number of amides is 1. The average molecular weight is 526 g/mol. The van der Waals surface area contributed by atoms with Crippen molar-refractivity contribution < 1.29 is 27.8 Å². The Balaban J connectivity index is 1.46. The molecule has 1 atom stereocenters. The zero-order chi connectivity index (χ0) is 27.2. The third-order valence-electron chi connectivity index (χ3n) is 7.29. The summed E-state index contributed by atoms with van der Waals surface area (Å²) in [6.45, 7) is 7.97. The molecule has 1 saturated heterocycles. The van der Waals surface area contributed by atoms with Gasteiger partial charge in [0.25, 0.3) is 0 Å². The summed E-state index contributed by atoms with van der Waals surface area (Å²) >= 11 is 0. The van der Waals surface area contributed by atoms with Crippen LogP contribution < -0.4 is 9.80 Å². The topological polar surface area (TPSA) is 56.2 Å². The highest BCUT2D eigenvalue weighted by atomic mass is 19.4. The van der Waals surface area contributed by atoms with Crippen LogP contribution in [-0.2, 0) is 10.9 Å². The van der Waals surface area contributed by atoms with Gasteiger partial charge in [-0.05, 0) is 47.2 Å². The summed E-state index contributed by atoms with van der Waals surface area (Å²) in [4.78, 5) is 17.4. The van der Waals surface area contributed by atoms with Crippen LogP contribution in [0.1, 0.15) is 31.9 Å². The van der Waals surface area contributed by atoms with Gasteiger partial charge < -0.3 is 24.5 Å². The second-order valence-corrected chi connectivity index (χ2v) is 10.8. The van der Waals surface area contributed by atoms with Crippen molar-refractivity contribution in [3.63, 3.8) is 0 Å². The van der Waals surface area contributed by atoms with Gasteiger partial charge in [0.2, 0.25) is 0 Å². The summed E-state index contributed by atoms with van der Waals surface area (Å²) in [5.41, 5.74) is 1.61. The van der Waals surface area contributed by atoms with Gasteiger partial charge in [-0.1, -0.05) is 45.0 Å². The molecular weight excluding hydrogens is 495 g/mol. The van der Waals surface area contributed by atoms with Crippen molar-refractivity contribution in [1.82, 2.24) is 4.90 Å². The Labute approximate surface area is 219 Å². The number of benzene rings is 3. The average Bonchev–Trinajstić information content (AvgIpc) is 3.37. The minimum Gasteiger partial charge on any atom is -0.471 e. The summed E-state index contributed by atoms with van der Waals surface area (Å²) in [5, 5.41) is 11.8. The van der Waals surface area contributed by atoms with Crippen molar-refractivity contribution in [3.05, 3.63) is 78.0 Å². The molecule has 9 heteroatoms. The molecule has 2 heterocycles. The molecule has 38 heavy (non-hydrogen) atoms. The van der Waals surface area contributed by atoms with E-state index in [-0.39, 0.29) is 18.2 Å². The van der Waals surface area contributed by atoms with E-state index in [9.17, 15) is 23.1 Å². The molecule has 200 valence electrons. The maximum atomic E-state index is 12.9. The number of rotatable bonds is 3. The van der Waals surface area contributed by atoms with Crippen LogP contribution >= 0.6 is 0 Å². The van der Waals surface area contributed by atoms with E-state index in [0.717, 1.165) is 34.2 Å². The number of carbonyl (C=O) groups is 1. The van der Waals surface area contributed by atoms with Crippen LogP contribution in [0.2, 0.25) is 0 Å². The predicted octanol–water partition coefficient (Wildman–Crippen LogP) is 6.87. The van der Waals surface area contributed by atoms with Gasteiger partial charge in [0.15, 0.2) is 6.73 Å². The van der Waals surface area contributed by atoms with E-state index in [1.807, 2.05) is 42.6 Å². The second-order valence-electron chi connectivity index (χ2n) is 10.8. The number of nitrogens with zero attached hydrogens (tertiary/aromatic N) is 3. The van der Waals surface area contributed by atoms with E-state index >= 15 is 0 Å². The number of anilines is 2. The lowest BCUT2D eigenvalue weighted by molar-refractivity contribution is -0.137. The minimum absolute atomic E-state index is 0.162. The molecule has 3 aromatic carbocycles. The van der Waals surface area contributed by atoms with Gasteiger partial charge in [-0.3, -0.25) is 0 Å². The van der Waals surface area contributed by atoms with Crippen LogP contribution in [0.3, 0.4) is 0 Å². The van der Waals surface area contributed by atoms with Crippen molar-refractivity contribution in [1.29, 1.82) is 0 Å².